The van der Waals surface area contributed by atoms with E-state index in [4.69, 9.17) is 25.8 Å². The zero-order valence-electron chi connectivity index (χ0n) is 17.5. The van der Waals surface area contributed by atoms with Gasteiger partial charge in [0.25, 0.3) is 0 Å². The van der Waals surface area contributed by atoms with Crippen molar-refractivity contribution in [3.8, 4) is 17.2 Å². The van der Waals surface area contributed by atoms with Gasteiger partial charge in [0.15, 0.2) is 0 Å². The summed E-state index contributed by atoms with van der Waals surface area (Å²) >= 11 is 7.55. The van der Waals surface area contributed by atoms with Crippen molar-refractivity contribution in [2.75, 3.05) is 37.9 Å². The molecule has 1 aliphatic rings. The number of hydrogen-bond donors (Lipinski definition) is 1. The molecule has 0 amide bonds. The maximum atomic E-state index is 5.97. The first kappa shape index (κ1) is 21.8. The van der Waals surface area contributed by atoms with Crippen LogP contribution in [0.4, 0.5) is 5.95 Å². The van der Waals surface area contributed by atoms with E-state index in [0.717, 1.165) is 41.7 Å². The smallest absolute Gasteiger partial charge is 0.239 e. The van der Waals surface area contributed by atoms with Crippen LogP contribution >= 0.6 is 23.5 Å². The van der Waals surface area contributed by atoms with E-state index < -0.39 is 0 Å². The number of methoxy groups -OCH3 is 2. The highest BCUT2D eigenvalue weighted by molar-refractivity contribution is 8.00. The molecule has 1 atom stereocenters. The first-order chi connectivity index (χ1) is 15.2. The SMILES string of the molecule is COc1cccc(OC)c1-n1c(NSCCc2ccc(Cl)cc2)nnc1C1CCOC1. The summed E-state index contributed by atoms with van der Waals surface area (Å²) in [6.07, 6.45) is 1.81. The van der Waals surface area contributed by atoms with Gasteiger partial charge in [0.05, 0.1) is 20.8 Å². The van der Waals surface area contributed by atoms with Crippen LogP contribution in [0.1, 0.15) is 23.7 Å². The van der Waals surface area contributed by atoms with Crippen LogP contribution in [0.5, 0.6) is 11.5 Å². The topological polar surface area (TPSA) is 70.4 Å². The van der Waals surface area contributed by atoms with Crippen LogP contribution in [-0.2, 0) is 11.2 Å². The molecule has 1 fully saturated rings. The number of halogens is 1. The second kappa shape index (κ2) is 10.3. The van der Waals surface area contributed by atoms with Crippen LogP contribution in [-0.4, -0.2) is 48.0 Å². The molecule has 3 aromatic rings. The van der Waals surface area contributed by atoms with Crippen molar-refractivity contribution in [2.45, 2.75) is 18.8 Å². The molecule has 0 aliphatic carbocycles. The van der Waals surface area contributed by atoms with Crippen molar-refractivity contribution in [2.24, 2.45) is 0 Å². The first-order valence-electron chi connectivity index (χ1n) is 10.1. The molecule has 1 N–H and O–H groups in total. The zero-order chi connectivity index (χ0) is 21.6. The fraction of sp³-hybridized carbons (Fsp3) is 0.364. The number of hydrogen-bond acceptors (Lipinski definition) is 7. The predicted octanol–water partition coefficient (Wildman–Crippen LogP) is 4.74. The number of nitrogens with zero attached hydrogens (tertiary/aromatic N) is 3. The molecule has 1 aliphatic heterocycles. The Hall–Kier alpha value is -2.42. The standard InChI is InChI=1S/C22H25ClN4O3S/c1-28-18-4-3-5-19(29-2)20(18)27-21(16-10-12-30-14-16)24-25-22(27)26-31-13-11-15-6-8-17(23)9-7-15/h3-9,16H,10-14H2,1-2H3,(H,25,26). The van der Waals surface area contributed by atoms with Crippen LogP contribution in [0.15, 0.2) is 42.5 Å². The number of nitrogens with one attached hydrogen (secondary N) is 1. The summed E-state index contributed by atoms with van der Waals surface area (Å²) in [6, 6.07) is 13.6. The number of benzene rings is 2. The van der Waals surface area contributed by atoms with Crippen molar-refractivity contribution < 1.29 is 14.2 Å². The molecular weight excluding hydrogens is 436 g/mol. The minimum atomic E-state index is 0.164. The summed E-state index contributed by atoms with van der Waals surface area (Å²) < 4.78 is 22.3. The van der Waals surface area contributed by atoms with Gasteiger partial charge in [0.2, 0.25) is 5.95 Å². The normalized spacial score (nSPS) is 15.8. The monoisotopic (exact) mass is 460 g/mol. The van der Waals surface area contributed by atoms with E-state index >= 15 is 0 Å². The highest BCUT2D eigenvalue weighted by Gasteiger charge is 2.28. The number of aromatic nitrogens is 3. The molecule has 0 radical (unpaired) electrons. The van der Waals surface area contributed by atoms with E-state index in [1.165, 1.54) is 5.56 Å². The van der Waals surface area contributed by atoms with Gasteiger partial charge in [-0.3, -0.25) is 9.29 Å². The van der Waals surface area contributed by atoms with E-state index in [9.17, 15) is 0 Å². The third kappa shape index (κ3) is 4.92. The highest BCUT2D eigenvalue weighted by atomic mass is 35.5. The molecule has 1 unspecified atom stereocenters. The van der Waals surface area contributed by atoms with Gasteiger partial charge in [-0.1, -0.05) is 29.8 Å². The molecule has 164 valence electrons. The van der Waals surface area contributed by atoms with Crippen LogP contribution in [0.2, 0.25) is 5.02 Å². The van der Waals surface area contributed by atoms with Crippen LogP contribution in [0.3, 0.4) is 0 Å². The second-order valence-corrected chi connectivity index (χ2v) is 8.45. The lowest BCUT2D eigenvalue weighted by Gasteiger charge is -2.18. The fourth-order valence-corrected chi connectivity index (χ4v) is 4.40. The summed E-state index contributed by atoms with van der Waals surface area (Å²) in [4.78, 5) is 0. The lowest BCUT2D eigenvalue weighted by molar-refractivity contribution is 0.193. The average Bonchev–Trinajstić information content (AvgIpc) is 3.47. The third-order valence-electron chi connectivity index (χ3n) is 5.18. The Kier molecular flexibility index (Phi) is 7.21. The van der Waals surface area contributed by atoms with Crippen molar-refractivity contribution >= 4 is 29.5 Å². The largest absolute Gasteiger partial charge is 0.494 e. The van der Waals surface area contributed by atoms with Crippen LogP contribution in [0, 0.1) is 0 Å². The van der Waals surface area contributed by atoms with Gasteiger partial charge in [-0.25, -0.2) is 0 Å². The Morgan fingerprint density at radius 2 is 1.87 bits per heavy atom. The van der Waals surface area contributed by atoms with Crippen LogP contribution < -0.4 is 14.2 Å². The summed E-state index contributed by atoms with van der Waals surface area (Å²) in [5.74, 6) is 3.87. The first-order valence-corrected chi connectivity index (χ1v) is 11.4. The second-order valence-electron chi connectivity index (χ2n) is 7.12. The van der Waals surface area contributed by atoms with Gasteiger partial charge < -0.3 is 14.2 Å². The molecule has 0 bridgehead atoms. The van der Waals surface area contributed by atoms with E-state index in [1.807, 2.05) is 47.0 Å². The molecule has 2 aromatic carbocycles. The number of rotatable bonds is 9. The molecule has 4 rings (SSSR count). The summed E-state index contributed by atoms with van der Waals surface area (Å²) in [5.41, 5.74) is 2.01. The average molecular weight is 461 g/mol. The molecule has 0 saturated carbocycles. The molecule has 9 heteroatoms. The molecule has 2 heterocycles. The highest BCUT2D eigenvalue weighted by Crippen LogP contribution is 2.38. The number of para-hydroxylation sites is 1. The van der Waals surface area contributed by atoms with Crippen LogP contribution in [0.25, 0.3) is 5.69 Å². The molecular formula is C22H25ClN4O3S. The summed E-state index contributed by atoms with van der Waals surface area (Å²) in [7, 11) is 3.30. The maximum Gasteiger partial charge on any atom is 0.239 e. The lowest BCUT2D eigenvalue weighted by Crippen LogP contribution is -2.12. The van der Waals surface area contributed by atoms with Gasteiger partial charge in [-0.05, 0) is 54.6 Å². The van der Waals surface area contributed by atoms with E-state index in [1.54, 1.807) is 26.2 Å². The van der Waals surface area contributed by atoms with E-state index in [-0.39, 0.29) is 5.92 Å². The van der Waals surface area contributed by atoms with E-state index in [0.29, 0.717) is 24.1 Å². The zero-order valence-corrected chi connectivity index (χ0v) is 19.1. The Balaban J connectivity index is 1.59. The van der Waals surface area contributed by atoms with Gasteiger partial charge in [0.1, 0.15) is 23.0 Å². The van der Waals surface area contributed by atoms with Gasteiger partial charge in [0, 0.05) is 23.3 Å². The number of anilines is 1. The van der Waals surface area contributed by atoms with Crippen molar-refractivity contribution in [1.82, 2.24) is 14.8 Å². The van der Waals surface area contributed by atoms with Crippen molar-refractivity contribution in [3.63, 3.8) is 0 Å². The van der Waals surface area contributed by atoms with Crippen molar-refractivity contribution in [3.05, 3.63) is 58.9 Å². The minimum Gasteiger partial charge on any atom is -0.494 e. The number of ether oxygens (including phenoxy) is 3. The van der Waals surface area contributed by atoms with Gasteiger partial charge in [-0.2, -0.15) is 0 Å². The molecule has 0 spiro atoms. The molecule has 7 nitrogen and oxygen atoms in total. The Morgan fingerprint density at radius 1 is 1.13 bits per heavy atom. The van der Waals surface area contributed by atoms with Gasteiger partial charge >= 0.3 is 0 Å². The van der Waals surface area contributed by atoms with Crippen molar-refractivity contribution in [1.29, 1.82) is 0 Å². The predicted molar refractivity (Wildman–Crippen MR) is 124 cm³/mol. The fourth-order valence-electron chi connectivity index (χ4n) is 3.57. The third-order valence-corrected chi connectivity index (χ3v) is 6.16. The quantitative estimate of drug-likeness (QED) is 0.365. The summed E-state index contributed by atoms with van der Waals surface area (Å²) in [5, 5.41) is 9.69. The molecule has 31 heavy (non-hydrogen) atoms. The Bertz CT molecular complexity index is 984. The molecule has 1 saturated heterocycles. The lowest BCUT2D eigenvalue weighted by atomic mass is 10.1. The minimum absolute atomic E-state index is 0.164. The maximum absolute atomic E-state index is 5.97. The Morgan fingerprint density at radius 3 is 2.52 bits per heavy atom. The molecule has 1 aromatic heterocycles. The number of aryl methyl sites for hydroxylation is 1. The van der Waals surface area contributed by atoms with Gasteiger partial charge in [-0.15, -0.1) is 10.2 Å². The Labute approximate surface area is 191 Å². The van der Waals surface area contributed by atoms with E-state index in [2.05, 4.69) is 14.9 Å². The summed E-state index contributed by atoms with van der Waals surface area (Å²) in [6.45, 7) is 1.35.